The first-order valence-electron chi connectivity index (χ1n) is 5.20. The Kier molecular flexibility index (Phi) is 3.94. The fourth-order valence-electron chi connectivity index (χ4n) is 1.92. The summed E-state index contributed by atoms with van der Waals surface area (Å²) in [5.74, 6) is -0.0860. The van der Waals surface area contributed by atoms with Crippen molar-refractivity contribution in [2.24, 2.45) is 5.92 Å². The van der Waals surface area contributed by atoms with Crippen LogP contribution in [-0.2, 0) is 9.53 Å². The maximum absolute atomic E-state index is 11.7. The molecule has 0 aliphatic carbocycles. The average molecular weight is 305 g/mol. The summed E-state index contributed by atoms with van der Waals surface area (Å²) in [4.78, 5) is 16.1. The molecular formula is C10H13BrN2O2S. The lowest BCUT2D eigenvalue weighted by Gasteiger charge is -2.14. The van der Waals surface area contributed by atoms with Crippen molar-refractivity contribution in [1.82, 2.24) is 10.3 Å². The molecule has 88 valence electrons. The maximum Gasteiger partial charge on any atom is 0.310 e. The zero-order chi connectivity index (χ0) is 11.5. The first kappa shape index (κ1) is 12.0. The largest absolute Gasteiger partial charge is 0.466 e. The van der Waals surface area contributed by atoms with Gasteiger partial charge in [0, 0.05) is 24.4 Å². The topological polar surface area (TPSA) is 51.2 Å². The predicted molar refractivity (Wildman–Crippen MR) is 65.5 cm³/mol. The molecule has 1 aliphatic rings. The monoisotopic (exact) mass is 304 g/mol. The normalized spacial score (nSPS) is 24.6. The number of aromatic nitrogens is 1. The second kappa shape index (κ2) is 5.25. The molecule has 0 aromatic carbocycles. The van der Waals surface area contributed by atoms with E-state index in [4.69, 9.17) is 4.74 Å². The molecule has 1 fully saturated rings. The Hall–Kier alpha value is -0.460. The number of carbonyl (C=O) groups is 1. The van der Waals surface area contributed by atoms with Crippen LogP contribution in [0.4, 0.5) is 0 Å². The van der Waals surface area contributed by atoms with E-state index >= 15 is 0 Å². The summed E-state index contributed by atoms with van der Waals surface area (Å²) in [6, 6.07) is 0. The SMILES string of the molecule is CCOC(=O)C1CNCC1c1csc(Br)n1. The highest BCUT2D eigenvalue weighted by atomic mass is 79.9. The number of carbonyl (C=O) groups excluding carboxylic acids is 1. The third-order valence-corrected chi connectivity index (χ3v) is 4.06. The molecule has 0 radical (unpaired) electrons. The third-order valence-electron chi connectivity index (χ3n) is 2.68. The number of nitrogens with one attached hydrogen (secondary N) is 1. The van der Waals surface area contributed by atoms with E-state index in [2.05, 4.69) is 26.2 Å². The van der Waals surface area contributed by atoms with Crippen molar-refractivity contribution >= 4 is 33.2 Å². The Morgan fingerprint density at radius 3 is 3.19 bits per heavy atom. The standard InChI is InChI=1S/C10H13BrN2O2S/c1-2-15-9(14)7-4-12-3-6(7)8-5-16-10(11)13-8/h5-7,12H,2-4H2,1H3. The first-order valence-corrected chi connectivity index (χ1v) is 6.88. The average Bonchev–Trinajstić information content (AvgIpc) is 2.85. The molecule has 2 atom stereocenters. The summed E-state index contributed by atoms with van der Waals surface area (Å²) in [7, 11) is 0. The van der Waals surface area contributed by atoms with Crippen molar-refractivity contribution in [2.45, 2.75) is 12.8 Å². The molecule has 4 nitrogen and oxygen atoms in total. The first-order chi connectivity index (χ1) is 7.72. The van der Waals surface area contributed by atoms with Gasteiger partial charge in [-0.25, -0.2) is 4.98 Å². The molecule has 1 aromatic heterocycles. The summed E-state index contributed by atoms with van der Waals surface area (Å²) >= 11 is 4.88. The summed E-state index contributed by atoms with van der Waals surface area (Å²) in [6.07, 6.45) is 0. The quantitative estimate of drug-likeness (QED) is 0.865. The van der Waals surface area contributed by atoms with E-state index < -0.39 is 0 Å². The number of halogens is 1. The van der Waals surface area contributed by atoms with Gasteiger partial charge in [-0.3, -0.25) is 4.79 Å². The third kappa shape index (κ3) is 2.44. The van der Waals surface area contributed by atoms with Crippen LogP contribution >= 0.6 is 27.3 Å². The molecule has 0 saturated carbocycles. The molecule has 0 amide bonds. The van der Waals surface area contributed by atoms with Crippen LogP contribution in [0.15, 0.2) is 9.30 Å². The maximum atomic E-state index is 11.7. The number of nitrogens with zero attached hydrogens (tertiary/aromatic N) is 1. The van der Waals surface area contributed by atoms with E-state index in [1.54, 1.807) is 11.3 Å². The lowest BCUT2D eigenvalue weighted by molar-refractivity contribution is -0.147. The Labute approximate surface area is 107 Å². The Bertz CT molecular complexity index is 383. The molecule has 1 aromatic rings. The van der Waals surface area contributed by atoms with Crippen molar-refractivity contribution in [3.63, 3.8) is 0 Å². The zero-order valence-electron chi connectivity index (χ0n) is 8.90. The van der Waals surface area contributed by atoms with Gasteiger partial charge in [0.1, 0.15) is 0 Å². The summed E-state index contributed by atoms with van der Waals surface area (Å²) < 4.78 is 5.93. The van der Waals surface area contributed by atoms with Crippen molar-refractivity contribution in [2.75, 3.05) is 19.7 Å². The fraction of sp³-hybridized carbons (Fsp3) is 0.600. The van der Waals surface area contributed by atoms with E-state index in [0.29, 0.717) is 13.2 Å². The van der Waals surface area contributed by atoms with Gasteiger partial charge in [-0.15, -0.1) is 11.3 Å². The molecule has 1 N–H and O–H groups in total. The molecule has 2 rings (SSSR count). The number of esters is 1. The van der Waals surface area contributed by atoms with Gasteiger partial charge in [0.15, 0.2) is 3.92 Å². The van der Waals surface area contributed by atoms with Gasteiger partial charge >= 0.3 is 5.97 Å². The van der Waals surface area contributed by atoms with Crippen LogP contribution in [0.2, 0.25) is 0 Å². The highest BCUT2D eigenvalue weighted by Gasteiger charge is 2.36. The van der Waals surface area contributed by atoms with Crippen LogP contribution in [0.3, 0.4) is 0 Å². The molecule has 6 heteroatoms. The minimum Gasteiger partial charge on any atom is -0.466 e. The molecule has 0 spiro atoms. The van der Waals surface area contributed by atoms with Crippen LogP contribution < -0.4 is 5.32 Å². The predicted octanol–water partition coefficient (Wildman–Crippen LogP) is 1.77. The molecule has 0 bridgehead atoms. The van der Waals surface area contributed by atoms with E-state index in [0.717, 1.165) is 16.2 Å². The molecule has 2 heterocycles. The minimum atomic E-state index is -0.123. The van der Waals surface area contributed by atoms with Crippen molar-refractivity contribution in [1.29, 1.82) is 0 Å². The van der Waals surface area contributed by atoms with Gasteiger partial charge in [0.05, 0.1) is 18.2 Å². The lowest BCUT2D eigenvalue weighted by atomic mass is 9.94. The number of ether oxygens (including phenoxy) is 1. The van der Waals surface area contributed by atoms with Crippen LogP contribution in [0.1, 0.15) is 18.5 Å². The molecule has 1 saturated heterocycles. The Morgan fingerprint density at radius 1 is 1.75 bits per heavy atom. The van der Waals surface area contributed by atoms with Crippen molar-refractivity contribution in [3.8, 4) is 0 Å². The van der Waals surface area contributed by atoms with Gasteiger partial charge in [0.2, 0.25) is 0 Å². The Morgan fingerprint density at radius 2 is 2.56 bits per heavy atom. The van der Waals surface area contributed by atoms with E-state index in [1.807, 2.05) is 12.3 Å². The smallest absolute Gasteiger partial charge is 0.310 e. The number of hydrogen-bond donors (Lipinski definition) is 1. The van der Waals surface area contributed by atoms with Crippen molar-refractivity contribution in [3.05, 3.63) is 15.0 Å². The molecular weight excluding hydrogens is 292 g/mol. The Balaban J connectivity index is 2.11. The van der Waals surface area contributed by atoms with Crippen LogP contribution in [0.5, 0.6) is 0 Å². The van der Waals surface area contributed by atoms with E-state index in [9.17, 15) is 4.79 Å². The number of thiazole rings is 1. The molecule has 2 unspecified atom stereocenters. The van der Waals surface area contributed by atoms with Gasteiger partial charge in [-0.1, -0.05) is 0 Å². The van der Waals surface area contributed by atoms with Crippen LogP contribution in [0, 0.1) is 5.92 Å². The fourth-order valence-corrected chi connectivity index (χ4v) is 3.01. The van der Waals surface area contributed by atoms with Gasteiger partial charge < -0.3 is 10.1 Å². The molecule has 1 aliphatic heterocycles. The van der Waals surface area contributed by atoms with E-state index in [-0.39, 0.29) is 17.8 Å². The van der Waals surface area contributed by atoms with E-state index in [1.165, 1.54) is 0 Å². The second-order valence-corrected chi connectivity index (χ2v) is 5.78. The highest BCUT2D eigenvalue weighted by molar-refractivity contribution is 9.11. The summed E-state index contributed by atoms with van der Waals surface area (Å²) in [6.45, 7) is 3.73. The summed E-state index contributed by atoms with van der Waals surface area (Å²) in [5.41, 5.74) is 0.972. The zero-order valence-corrected chi connectivity index (χ0v) is 11.3. The van der Waals surface area contributed by atoms with Gasteiger partial charge in [-0.05, 0) is 22.9 Å². The lowest BCUT2D eigenvalue weighted by Crippen LogP contribution is -2.24. The van der Waals surface area contributed by atoms with Crippen LogP contribution in [0.25, 0.3) is 0 Å². The number of rotatable bonds is 3. The highest BCUT2D eigenvalue weighted by Crippen LogP contribution is 2.31. The second-order valence-electron chi connectivity index (χ2n) is 3.65. The summed E-state index contributed by atoms with van der Waals surface area (Å²) in [5, 5.41) is 5.21. The van der Waals surface area contributed by atoms with Crippen LogP contribution in [-0.4, -0.2) is 30.6 Å². The van der Waals surface area contributed by atoms with Crippen molar-refractivity contribution < 1.29 is 9.53 Å². The van der Waals surface area contributed by atoms with Gasteiger partial charge in [0.25, 0.3) is 0 Å². The minimum absolute atomic E-state index is 0.103. The molecule has 16 heavy (non-hydrogen) atoms. The number of hydrogen-bond acceptors (Lipinski definition) is 5. The van der Waals surface area contributed by atoms with Gasteiger partial charge in [-0.2, -0.15) is 0 Å².